The molecule has 122 valence electrons. The van der Waals surface area contributed by atoms with Crippen LogP contribution in [0.2, 0.25) is 0 Å². The van der Waals surface area contributed by atoms with Crippen LogP contribution in [0.5, 0.6) is 0 Å². The van der Waals surface area contributed by atoms with Gasteiger partial charge in [0.2, 0.25) is 0 Å². The van der Waals surface area contributed by atoms with Gasteiger partial charge in [0.15, 0.2) is 0 Å². The first-order chi connectivity index (χ1) is 10.3. The molecular weight excluding hydrogens is 258 g/mol. The Morgan fingerprint density at radius 1 is 1.05 bits per heavy atom. The molecule has 1 aliphatic heterocycles. The molecule has 0 aromatic heterocycles. The van der Waals surface area contributed by atoms with Crippen LogP contribution in [0, 0.1) is 11.8 Å². The highest BCUT2D eigenvalue weighted by Crippen LogP contribution is 2.43. The average molecular weight is 293 g/mol. The lowest BCUT2D eigenvalue weighted by molar-refractivity contribution is -0.122. The number of nitrogens with one attached hydrogen (secondary N) is 1. The molecule has 21 heavy (non-hydrogen) atoms. The van der Waals surface area contributed by atoms with Crippen molar-refractivity contribution in [2.24, 2.45) is 11.8 Å². The highest BCUT2D eigenvalue weighted by atomic mass is 16.5. The number of hydrogen-bond donors (Lipinski definition) is 1. The zero-order valence-electron chi connectivity index (χ0n) is 14.0. The minimum atomic E-state index is 0.268. The van der Waals surface area contributed by atoms with Gasteiger partial charge in [-0.2, -0.15) is 0 Å². The fraction of sp³-hybridized carbons (Fsp3) is 1.00. The Morgan fingerprint density at radius 3 is 2.52 bits per heavy atom. The summed E-state index contributed by atoms with van der Waals surface area (Å²) in [5.41, 5.74) is 0.268. The van der Waals surface area contributed by atoms with Crippen LogP contribution in [0.4, 0.5) is 0 Å². The Morgan fingerprint density at radius 2 is 1.81 bits per heavy atom. The van der Waals surface area contributed by atoms with E-state index in [-0.39, 0.29) is 5.60 Å². The van der Waals surface area contributed by atoms with E-state index in [2.05, 4.69) is 12.2 Å². The monoisotopic (exact) mass is 293 g/mol. The van der Waals surface area contributed by atoms with Gasteiger partial charge in [-0.25, -0.2) is 0 Å². The first-order valence-electron chi connectivity index (χ1n) is 9.69. The average Bonchev–Trinajstić information content (AvgIpc) is 3.01. The summed E-state index contributed by atoms with van der Waals surface area (Å²) < 4.78 is 6.31. The molecule has 2 saturated carbocycles. The minimum Gasteiger partial charge on any atom is -0.375 e. The molecule has 0 amide bonds. The summed E-state index contributed by atoms with van der Waals surface area (Å²) in [6.45, 7) is 4.41. The van der Waals surface area contributed by atoms with E-state index in [9.17, 15) is 0 Å². The molecule has 3 fully saturated rings. The number of ether oxygens (including phenoxy) is 1. The van der Waals surface area contributed by atoms with Crippen molar-refractivity contribution in [3.8, 4) is 0 Å². The van der Waals surface area contributed by atoms with Gasteiger partial charge >= 0.3 is 0 Å². The lowest BCUT2D eigenvalue weighted by atomic mass is 9.73. The molecule has 2 heteroatoms. The molecule has 1 heterocycles. The highest BCUT2D eigenvalue weighted by molar-refractivity contribution is 4.93. The molecule has 0 bridgehead atoms. The van der Waals surface area contributed by atoms with E-state index in [1.54, 1.807) is 0 Å². The fourth-order valence-electron chi connectivity index (χ4n) is 5.26. The zero-order valence-corrected chi connectivity index (χ0v) is 14.0. The first kappa shape index (κ1) is 15.8. The van der Waals surface area contributed by atoms with E-state index in [1.807, 2.05) is 0 Å². The van der Waals surface area contributed by atoms with Crippen LogP contribution >= 0.6 is 0 Å². The quantitative estimate of drug-likeness (QED) is 0.795. The van der Waals surface area contributed by atoms with Crippen LogP contribution in [-0.4, -0.2) is 24.8 Å². The smallest absolute Gasteiger partial charge is 0.0685 e. The third-order valence-corrected chi connectivity index (χ3v) is 6.39. The Hall–Kier alpha value is -0.0800. The summed E-state index contributed by atoms with van der Waals surface area (Å²) in [5, 5.41) is 3.85. The van der Waals surface area contributed by atoms with Crippen LogP contribution in [0.15, 0.2) is 0 Å². The third kappa shape index (κ3) is 4.01. The molecule has 1 N–H and O–H groups in total. The van der Waals surface area contributed by atoms with E-state index in [1.165, 1.54) is 77.0 Å². The SMILES string of the molecule is CCNC(CC1CCCC1)C1CCOC2(CCCCC2)C1. The lowest BCUT2D eigenvalue weighted by Gasteiger charge is -2.46. The molecule has 0 aromatic carbocycles. The van der Waals surface area contributed by atoms with Gasteiger partial charge in [0, 0.05) is 12.6 Å². The first-order valence-corrected chi connectivity index (χ1v) is 9.69. The fourth-order valence-corrected chi connectivity index (χ4v) is 5.26. The largest absolute Gasteiger partial charge is 0.375 e. The zero-order chi connectivity index (χ0) is 14.5. The summed E-state index contributed by atoms with van der Waals surface area (Å²) >= 11 is 0. The minimum absolute atomic E-state index is 0.268. The van der Waals surface area contributed by atoms with Crippen LogP contribution in [0.25, 0.3) is 0 Å². The van der Waals surface area contributed by atoms with Gasteiger partial charge in [-0.05, 0) is 50.5 Å². The van der Waals surface area contributed by atoms with Crippen molar-refractivity contribution < 1.29 is 4.74 Å². The van der Waals surface area contributed by atoms with Gasteiger partial charge in [-0.15, -0.1) is 0 Å². The van der Waals surface area contributed by atoms with Crippen LogP contribution in [0.1, 0.15) is 84.0 Å². The molecule has 0 aromatic rings. The Kier molecular flexibility index (Phi) is 5.61. The highest BCUT2D eigenvalue weighted by Gasteiger charge is 2.41. The Bertz CT molecular complexity index is 299. The molecule has 2 unspecified atom stereocenters. The maximum absolute atomic E-state index is 6.31. The van der Waals surface area contributed by atoms with Gasteiger partial charge in [-0.3, -0.25) is 0 Å². The maximum Gasteiger partial charge on any atom is 0.0685 e. The van der Waals surface area contributed by atoms with E-state index in [0.717, 1.165) is 31.0 Å². The van der Waals surface area contributed by atoms with Crippen molar-refractivity contribution in [1.82, 2.24) is 5.32 Å². The van der Waals surface area contributed by atoms with Crippen molar-refractivity contribution in [2.75, 3.05) is 13.2 Å². The van der Waals surface area contributed by atoms with Crippen LogP contribution in [-0.2, 0) is 4.74 Å². The molecule has 1 spiro atoms. The Balaban J connectivity index is 1.60. The van der Waals surface area contributed by atoms with Crippen molar-refractivity contribution in [3.05, 3.63) is 0 Å². The second-order valence-corrected chi connectivity index (χ2v) is 7.90. The van der Waals surface area contributed by atoms with E-state index in [0.29, 0.717) is 0 Å². The molecule has 2 aliphatic carbocycles. The molecule has 1 saturated heterocycles. The summed E-state index contributed by atoms with van der Waals surface area (Å²) in [4.78, 5) is 0. The normalized spacial score (nSPS) is 31.6. The standard InChI is InChI=1S/C19H35NO/c1-2-20-18(14-16-8-4-5-9-16)17-10-13-21-19(15-17)11-6-3-7-12-19/h16-18,20H,2-15H2,1H3. The van der Waals surface area contributed by atoms with Crippen molar-refractivity contribution in [1.29, 1.82) is 0 Å². The molecule has 2 atom stereocenters. The van der Waals surface area contributed by atoms with Crippen LogP contribution in [0.3, 0.4) is 0 Å². The number of rotatable bonds is 5. The third-order valence-electron chi connectivity index (χ3n) is 6.39. The van der Waals surface area contributed by atoms with Gasteiger partial charge in [0.05, 0.1) is 5.60 Å². The van der Waals surface area contributed by atoms with Crippen molar-refractivity contribution in [2.45, 2.75) is 95.6 Å². The van der Waals surface area contributed by atoms with Gasteiger partial charge < -0.3 is 10.1 Å². The van der Waals surface area contributed by atoms with Crippen molar-refractivity contribution in [3.63, 3.8) is 0 Å². The number of hydrogen-bond acceptors (Lipinski definition) is 2. The van der Waals surface area contributed by atoms with Gasteiger partial charge in [-0.1, -0.05) is 51.9 Å². The predicted molar refractivity (Wildman–Crippen MR) is 88.5 cm³/mol. The van der Waals surface area contributed by atoms with E-state index in [4.69, 9.17) is 4.74 Å². The second kappa shape index (κ2) is 7.46. The van der Waals surface area contributed by atoms with Gasteiger partial charge in [0.1, 0.15) is 0 Å². The topological polar surface area (TPSA) is 21.3 Å². The van der Waals surface area contributed by atoms with E-state index >= 15 is 0 Å². The van der Waals surface area contributed by atoms with E-state index < -0.39 is 0 Å². The molecular formula is C19H35NO. The second-order valence-electron chi connectivity index (χ2n) is 7.90. The summed E-state index contributed by atoms with van der Waals surface area (Å²) in [6.07, 6.45) is 16.8. The summed E-state index contributed by atoms with van der Waals surface area (Å²) in [6, 6.07) is 0.751. The maximum atomic E-state index is 6.31. The van der Waals surface area contributed by atoms with Crippen LogP contribution < -0.4 is 5.32 Å². The van der Waals surface area contributed by atoms with Crippen molar-refractivity contribution >= 4 is 0 Å². The summed E-state index contributed by atoms with van der Waals surface area (Å²) in [5.74, 6) is 1.86. The Labute approximate surface area is 131 Å². The molecule has 0 radical (unpaired) electrons. The lowest BCUT2D eigenvalue weighted by Crippen LogP contribution is -2.48. The molecule has 2 nitrogen and oxygen atoms in total. The molecule has 3 rings (SSSR count). The predicted octanol–water partition coefficient (Wildman–Crippen LogP) is 4.67. The molecule has 3 aliphatic rings. The van der Waals surface area contributed by atoms with Gasteiger partial charge in [0.25, 0.3) is 0 Å². The summed E-state index contributed by atoms with van der Waals surface area (Å²) in [7, 11) is 0.